The van der Waals surface area contributed by atoms with Crippen LogP contribution in [0, 0.1) is 0 Å². The van der Waals surface area contributed by atoms with Crippen molar-refractivity contribution < 1.29 is 18.8 Å². The van der Waals surface area contributed by atoms with E-state index in [2.05, 4.69) is 10.5 Å². The van der Waals surface area contributed by atoms with Crippen LogP contribution in [0.4, 0.5) is 0 Å². The number of aromatic nitrogens is 1. The number of hydrogen-bond acceptors (Lipinski definition) is 4. The standard InChI is InChI=1S/C16H15N3O3/c1-2-19-7-5-13(6-8-19)16(20)18-17-10-12-3-4-14-15(9-12)22-11-21-14/h3-10H,2,11H2,1H3/p+1. The number of hydrogen-bond donors (Lipinski definition) is 1. The van der Waals surface area contributed by atoms with Crippen molar-refractivity contribution in [3.8, 4) is 11.5 Å². The highest BCUT2D eigenvalue weighted by atomic mass is 16.7. The number of nitrogens with one attached hydrogen (secondary N) is 1. The average Bonchev–Trinajstić information content (AvgIpc) is 3.02. The zero-order valence-corrected chi connectivity index (χ0v) is 12.2. The fourth-order valence-corrected chi connectivity index (χ4v) is 2.04. The van der Waals surface area contributed by atoms with Crippen molar-refractivity contribution in [3.63, 3.8) is 0 Å². The Morgan fingerprint density at radius 1 is 1.27 bits per heavy atom. The second-order valence-corrected chi connectivity index (χ2v) is 4.73. The molecule has 0 unspecified atom stereocenters. The van der Waals surface area contributed by atoms with Crippen LogP contribution < -0.4 is 19.5 Å². The number of carbonyl (C=O) groups is 1. The monoisotopic (exact) mass is 298 g/mol. The summed E-state index contributed by atoms with van der Waals surface area (Å²) in [6, 6.07) is 8.98. The van der Waals surface area contributed by atoms with Gasteiger partial charge < -0.3 is 9.47 Å². The Kier molecular flexibility index (Phi) is 4.00. The lowest BCUT2D eigenvalue weighted by atomic mass is 10.2. The Morgan fingerprint density at radius 3 is 2.82 bits per heavy atom. The van der Waals surface area contributed by atoms with Gasteiger partial charge >= 0.3 is 0 Å². The molecule has 1 N–H and O–H groups in total. The van der Waals surface area contributed by atoms with Crippen LogP contribution in [0.3, 0.4) is 0 Å². The highest BCUT2D eigenvalue weighted by Gasteiger charge is 2.12. The number of hydrazone groups is 1. The Balaban J connectivity index is 1.62. The zero-order chi connectivity index (χ0) is 15.4. The van der Waals surface area contributed by atoms with Crippen molar-refractivity contribution in [2.45, 2.75) is 13.5 Å². The molecule has 0 aliphatic carbocycles. The summed E-state index contributed by atoms with van der Waals surface area (Å²) in [5, 5.41) is 3.96. The fraction of sp³-hybridized carbons (Fsp3) is 0.188. The number of rotatable bonds is 4. The first-order chi connectivity index (χ1) is 10.8. The Bertz CT molecular complexity index is 711. The second-order valence-electron chi connectivity index (χ2n) is 4.73. The summed E-state index contributed by atoms with van der Waals surface area (Å²) < 4.78 is 12.5. The molecule has 0 fully saturated rings. The van der Waals surface area contributed by atoms with Gasteiger partial charge in [0.15, 0.2) is 23.9 Å². The van der Waals surface area contributed by atoms with Crippen LogP contribution in [0.5, 0.6) is 11.5 Å². The van der Waals surface area contributed by atoms with E-state index in [0.717, 1.165) is 17.9 Å². The maximum Gasteiger partial charge on any atom is 0.271 e. The highest BCUT2D eigenvalue weighted by Crippen LogP contribution is 2.31. The molecule has 22 heavy (non-hydrogen) atoms. The van der Waals surface area contributed by atoms with Crippen molar-refractivity contribution in [1.29, 1.82) is 0 Å². The minimum atomic E-state index is -0.250. The minimum absolute atomic E-state index is 0.235. The number of pyridine rings is 1. The topological polar surface area (TPSA) is 63.8 Å². The van der Waals surface area contributed by atoms with Gasteiger partial charge in [-0.05, 0) is 30.7 Å². The van der Waals surface area contributed by atoms with Gasteiger partial charge in [0.05, 0.1) is 11.8 Å². The number of benzene rings is 1. The molecule has 0 saturated heterocycles. The summed E-state index contributed by atoms with van der Waals surface area (Å²) >= 11 is 0. The average molecular weight is 298 g/mol. The SMILES string of the molecule is CC[n+]1ccc(C(=O)NN=Cc2ccc3c(c2)OCO3)cc1. The van der Waals surface area contributed by atoms with Gasteiger partial charge in [-0.15, -0.1) is 0 Å². The summed E-state index contributed by atoms with van der Waals surface area (Å²) in [6.07, 6.45) is 5.28. The van der Waals surface area contributed by atoms with Gasteiger partial charge in [0, 0.05) is 12.1 Å². The van der Waals surface area contributed by atoms with E-state index in [1.54, 1.807) is 18.3 Å². The second kappa shape index (κ2) is 6.26. The molecule has 0 spiro atoms. The van der Waals surface area contributed by atoms with Crippen molar-refractivity contribution >= 4 is 12.1 Å². The molecule has 0 saturated carbocycles. The molecule has 0 atom stereocenters. The lowest BCUT2D eigenvalue weighted by molar-refractivity contribution is -0.693. The minimum Gasteiger partial charge on any atom is -0.454 e. The molecule has 1 aromatic heterocycles. The molecule has 1 amide bonds. The van der Waals surface area contributed by atoms with Gasteiger partial charge in [0.2, 0.25) is 6.79 Å². The third kappa shape index (κ3) is 3.06. The van der Waals surface area contributed by atoms with E-state index in [4.69, 9.17) is 9.47 Å². The van der Waals surface area contributed by atoms with Crippen LogP contribution >= 0.6 is 0 Å². The van der Waals surface area contributed by atoms with Gasteiger partial charge in [-0.2, -0.15) is 5.10 Å². The number of carbonyl (C=O) groups excluding carboxylic acids is 1. The van der Waals surface area contributed by atoms with Crippen LogP contribution in [0.1, 0.15) is 22.8 Å². The number of fused-ring (bicyclic) bond motifs is 1. The van der Waals surface area contributed by atoms with E-state index in [-0.39, 0.29) is 12.7 Å². The quantitative estimate of drug-likeness (QED) is 0.528. The van der Waals surface area contributed by atoms with Gasteiger partial charge in [-0.1, -0.05) is 0 Å². The predicted molar refractivity (Wildman–Crippen MR) is 79.9 cm³/mol. The molecule has 0 radical (unpaired) electrons. The first-order valence-electron chi connectivity index (χ1n) is 6.98. The van der Waals surface area contributed by atoms with Crippen molar-refractivity contribution in [3.05, 3.63) is 53.9 Å². The lowest BCUT2D eigenvalue weighted by Gasteiger charge is -2.00. The third-order valence-corrected chi connectivity index (χ3v) is 3.29. The molecule has 1 aliphatic heterocycles. The van der Waals surface area contributed by atoms with E-state index < -0.39 is 0 Å². The molecule has 6 nitrogen and oxygen atoms in total. The number of aryl methyl sites for hydroxylation is 1. The Labute approximate surface area is 128 Å². The summed E-state index contributed by atoms with van der Waals surface area (Å²) in [6.45, 7) is 3.14. The summed E-state index contributed by atoms with van der Waals surface area (Å²) in [7, 11) is 0. The number of nitrogens with zero attached hydrogens (tertiary/aromatic N) is 2. The first kappa shape index (κ1) is 14.1. The maximum atomic E-state index is 11.9. The molecule has 1 aromatic carbocycles. The van der Waals surface area contributed by atoms with Crippen LogP contribution in [-0.2, 0) is 6.54 Å². The smallest absolute Gasteiger partial charge is 0.271 e. The fourth-order valence-electron chi connectivity index (χ4n) is 2.04. The molecule has 6 heteroatoms. The van der Waals surface area contributed by atoms with Crippen LogP contribution in [0.2, 0.25) is 0 Å². The van der Waals surface area contributed by atoms with E-state index in [1.807, 2.05) is 42.1 Å². The zero-order valence-electron chi connectivity index (χ0n) is 12.2. The van der Waals surface area contributed by atoms with E-state index in [1.165, 1.54) is 0 Å². The predicted octanol–water partition coefficient (Wildman–Crippen LogP) is 1.49. The van der Waals surface area contributed by atoms with Gasteiger partial charge in [-0.3, -0.25) is 4.79 Å². The van der Waals surface area contributed by atoms with Crippen LogP contribution in [-0.4, -0.2) is 18.9 Å². The molecule has 2 heterocycles. The van der Waals surface area contributed by atoms with Gasteiger partial charge in [0.1, 0.15) is 6.54 Å². The van der Waals surface area contributed by atoms with E-state index in [9.17, 15) is 4.79 Å². The summed E-state index contributed by atoms with van der Waals surface area (Å²) in [4.78, 5) is 11.9. The van der Waals surface area contributed by atoms with Gasteiger partial charge in [0.25, 0.3) is 5.91 Å². The van der Waals surface area contributed by atoms with E-state index in [0.29, 0.717) is 11.3 Å². The van der Waals surface area contributed by atoms with Crippen molar-refractivity contribution in [2.75, 3.05) is 6.79 Å². The van der Waals surface area contributed by atoms with Crippen LogP contribution in [0.15, 0.2) is 47.8 Å². The van der Waals surface area contributed by atoms with Gasteiger partial charge in [-0.25, -0.2) is 9.99 Å². The molecule has 112 valence electrons. The third-order valence-electron chi connectivity index (χ3n) is 3.29. The number of amides is 1. The summed E-state index contributed by atoms with van der Waals surface area (Å²) in [5.74, 6) is 1.15. The first-order valence-corrected chi connectivity index (χ1v) is 6.98. The molecule has 1 aliphatic rings. The molecule has 3 rings (SSSR count). The maximum absolute atomic E-state index is 11.9. The van der Waals surface area contributed by atoms with E-state index >= 15 is 0 Å². The number of ether oxygens (including phenoxy) is 2. The Hall–Kier alpha value is -2.89. The molecule has 0 bridgehead atoms. The van der Waals surface area contributed by atoms with Crippen LogP contribution in [0.25, 0.3) is 0 Å². The summed E-state index contributed by atoms with van der Waals surface area (Å²) in [5.41, 5.74) is 3.89. The molecule has 2 aromatic rings. The van der Waals surface area contributed by atoms with Crippen molar-refractivity contribution in [1.82, 2.24) is 5.43 Å². The molecular weight excluding hydrogens is 282 g/mol. The van der Waals surface area contributed by atoms with Crippen molar-refractivity contribution in [2.24, 2.45) is 5.10 Å². The largest absolute Gasteiger partial charge is 0.454 e. The Morgan fingerprint density at radius 2 is 2.05 bits per heavy atom. The highest BCUT2D eigenvalue weighted by molar-refractivity contribution is 5.94. The lowest BCUT2D eigenvalue weighted by Crippen LogP contribution is -2.31. The normalized spacial score (nSPS) is 12.6. The molecular formula is C16H16N3O3+.